The number of imidazole rings is 1. The quantitative estimate of drug-likeness (QED) is 0.921. The van der Waals surface area contributed by atoms with E-state index >= 15 is 0 Å². The van der Waals surface area contributed by atoms with Gasteiger partial charge in [0.05, 0.1) is 12.0 Å². The molecule has 6 heteroatoms. The third kappa shape index (κ3) is 3.11. The second kappa shape index (κ2) is 5.53. The number of nitrogens with zero attached hydrogens (tertiary/aromatic N) is 2. The monoisotopic (exact) mass is 276 g/mol. The van der Waals surface area contributed by atoms with Crippen molar-refractivity contribution in [3.8, 4) is 0 Å². The molecule has 1 aliphatic rings. The van der Waals surface area contributed by atoms with Gasteiger partial charge in [-0.15, -0.1) is 0 Å². The van der Waals surface area contributed by atoms with Gasteiger partial charge in [-0.25, -0.2) is 4.98 Å². The molecular formula is C13H19F3N2O. The predicted octanol–water partition coefficient (Wildman–Crippen LogP) is 3.10. The largest absolute Gasteiger partial charge is 0.393 e. The summed E-state index contributed by atoms with van der Waals surface area (Å²) in [6.45, 7) is 1.97. The lowest BCUT2D eigenvalue weighted by molar-refractivity contribution is -0.198. The molecule has 0 aliphatic heterocycles. The number of aromatic nitrogens is 2. The Labute approximate surface area is 110 Å². The van der Waals surface area contributed by atoms with Gasteiger partial charge in [0, 0.05) is 24.9 Å². The summed E-state index contributed by atoms with van der Waals surface area (Å²) in [6, 6.07) is -0.729. The molecule has 0 saturated heterocycles. The number of hydrogen-bond acceptors (Lipinski definition) is 2. The fourth-order valence-electron chi connectivity index (χ4n) is 2.88. The van der Waals surface area contributed by atoms with E-state index in [0.717, 1.165) is 6.42 Å². The number of alkyl halides is 3. The minimum atomic E-state index is -4.22. The lowest BCUT2D eigenvalue weighted by Crippen LogP contribution is -2.38. The number of rotatable bonds is 3. The predicted molar refractivity (Wildman–Crippen MR) is 64.7 cm³/mol. The van der Waals surface area contributed by atoms with Crippen LogP contribution in [-0.4, -0.2) is 26.9 Å². The fourth-order valence-corrected chi connectivity index (χ4v) is 2.88. The van der Waals surface area contributed by atoms with Crippen LogP contribution in [0.1, 0.15) is 44.5 Å². The van der Waals surface area contributed by atoms with Crippen LogP contribution >= 0.6 is 0 Å². The first kappa shape index (κ1) is 14.4. The van der Waals surface area contributed by atoms with Crippen LogP contribution in [0.2, 0.25) is 0 Å². The van der Waals surface area contributed by atoms with Crippen molar-refractivity contribution >= 4 is 0 Å². The maximum absolute atomic E-state index is 13.1. The van der Waals surface area contributed by atoms with Crippen molar-refractivity contribution in [3.63, 3.8) is 0 Å². The van der Waals surface area contributed by atoms with Gasteiger partial charge in [0.2, 0.25) is 0 Å². The van der Waals surface area contributed by atoms with Crippen molar-refractivity contribution in [3.05, 3.63) is 18.2 Å². The summed E-state index contributed by atoms with van der Waals surface area (Å²) < 4.78 is 41.0. The third-order valence-corrected chi connectivity index (χ3v) is 3.79. The highest BCUT2D eigenvalue weighted by molar-refractivity contribution is 5.00. The number of hydrogen-bond donors (Lipinski definition) is 1. The van der Waals surface area contributed by atoms with Crippen LogP contribution in [0.4, 0.5) is 13.2 Å². The molecule has 108 valence electrons. The second-order valence-corrected chi connectivity index (χ2v) is 5.18. The van der Waals surface area contributed by atoms with E-state index in [2.05, 4.69) is 4.98 Å². The van der Waals surface area contributed by atoms with Gasteiger partial charge in [0.15, 0.2) is 0 Å². The summed E-state index contributed by atoms with van der Waals surface area (Å²) in [5, 5.41) is 9.68. The summed E-state index contributed by atoms with van der Waals surface area (Å²) in [5.74, 6) is -0.712. The second-order valence-electron chi connectivity index (χ2n) is 5.18. The third-order valence-electron chi connectivity index (χ3n) is 3.79. The summed E-state index contributed by atoms with van der Waals surface area (Å²) in [4.78, 5) is 4.14. The zero-order valence-electron chi connectivity index (χ0n) is 10.9. The summed E-state index contributed by atoms with van der Waals surface area (Å²) in [5.41, 5.74) is 0. The topological polar surface area (TPSA) is 38.0 Å². The van der Waals surface area contributed by atoms with Crippen LogP contribution in [-0.2, 0) is 6.42 Å². The normalized spacial score (nSPS) is 28.6. The molecule has 1 N–H and O–H groups in total. The van der Waals surface area contributed by atoms with Crippen LogP contribution in [0, 0.1) is 5.92 Å². The first-order valence-electron chi connectivity index (χ1n) is 6.70. The average Bonchev–Trinajstić information content (AvgIpc) is 2.76. The highest BCUT2D eigenvalue weighted by Crippen LogP contribution is 2.44. The fraction of sp³-hybridized carbons (Fsp3) is 0.769. The number of aliphatic hydroxyl groups excluding tert-OH is 1. The van der Waals surface area contributed by atoms with Crippen molar-refractivity contribution < 1.29 is 18.3 Å². The molecule has 0 bridgehead atoms. The Bertz CT molecular complexity index is 416. The van der Waals surface area contributed by atoms with Crippen LogP contribution in [0.25, 0.3) is 0 Å². The molecule has 1 aromatic heterocycles. The standard InChI is InChI=1S/C13H19F3N2O/c1-2-3-12-17-6-7-18(12)11-8-9(19)4-5-10(11)13(14,15)16/h6-7,9-11,19H,2-5,8H2,1H3. The Morgan fingerprint density at radius 2 is 2.16 bits per heavy atom. The summed E-state index contributed by atoms with van der Waals surface area (Å²) in [7, 11) is 0. The Hall–Kier alpha value is -1.04. The maximum atomic E-state index is 13.1. The Morgan fingerprint density at radius 3 is 2.79 bits per heavy atom. The van der Waals surface area contributed by atoms with Gasteiger partial charge in [0.1, 0.15) is 5.82 Å². The molecule has 0 aromatic carbocycles. The van der Waals surface area contributed by atoms with Crippen LogP contribution in [0.5, 0.6) is 0 Å². The minimum absolute atomic E-state index is 0.0148. The number of aliphatic hydroxyl groups is 1. The van der Waals surface area contributed by atoms with E-state index in [4.69, 9.17) is 0 Å². The first-order chi connectivity index (χ1) is 8.93. The number of halogens is 3. The van der Waals surface area contributed by atoms with Gasteiger partial charge in [-0.05, 0) is 25.7 Å². The zero-order valence-corrected chi connectivity index (χ0v) is 10.9. The Morgan fingerprint density at radius 1 is 1.42 bits per heavy atom. The zero-order chi connectivity index (χ0) is 14.0. The average molecular weight is 276 g/mol. The molecule has 3 unspecified atom stereocenters. The van der Waals surface area contributed by atoms with E-state index in [0.29, 0.717) is 12.2 Å². The van der Waals surface area contributed by atoms with Crippen LogP contribution < -0.4 is 0 Å². The molecule has 3 atom stereocenters. The van der Waals surface area contributed by atoms with E-state index in [1.807, 2.05) is 6.92 Å². The van der Waals surface area contributed by atoms with Gasteiger partial charge in [0.25, 0.3) is 0 Å². The van der Waals surface area contributed by atoms with E-state index in [1.165, 1.54) is 0 Å². The maximum Gasteiger partial charge on any atom is 0.393 e. The molecule has 0 radical (unpaired) electrons. The van der Waals surface area contributed by atoms with Crippen molar-refractivity contribution in [2.24, 2.45) is 5.92 Å². The first-order valence-corrected chi connectivity index (χ1v) is 6.70. The van der Waals surface area contributed by atoms with E-state index in [1.54, 1.807) is 17.0 Å². The molecule has 1 aromatic rings. The van der Waals surface area contributed by atoms with E-state index in [9.17, 15) is 18.3 Å². The summed E-state index contributed by atoms with van der Waals surface area (Å²) in [6.07, 6.45) is 0.118. The highest BCUT2D eigenvalue weighted by atomic mass is 19.4. The van der Waals surface area contributed by atoms with Gasteiger partial charge < -0.3 is 9.67 Å². The highest BCUT2D eigenvalue weighted by Gasteiger charge is 2.48. The number of aryl methyl sites for hydroxylation is 1. The van der Waals surface area contributed by atoms with Crippen molar-refractivity contribution in [1.82, 2.24) is 9.55 Å². The molecule has 1 heterocycles. The lowest BCUT2D eigenvalue weighted by Gasteiger charge is -2.36. The molecule has 1 fully saturated rings. The van der Waals surface area contributed by atoms with Gasteiger partial charge in [-0.3, -0.25) is 0 Å². The lowest BCUT2D eigenvalue weighted by atomic mass is 9.82. The SMILES string of the molecule is CCCc1nccn1C1CC(O)CCC1C(F)(F)F. The van der Waals surface area contributed by atoms with Crippen LogP contribution in [0.3, 0.4) is 0 Å². The molecule has 0 spiro atoms. The molecule has 1 saturated carbocycles. The molecule has 19 heavy (non-hydrogen) atoms. The molecule has 2 rings (SSSR count). The van der Waals surface area contributed by atoms with Crippen LogP contribution in [0.15, 0.2) is 12.4 Å². The smallest absolute Gasteiger partial charge is 0.393 e. The van der Waals surface area contributed by atoms with E-state index in [-0.39, 0.29) is 19.3 Å². The Balaban J connectivity index is 2.29. The van der Waals surface area contributed by atoms with Crippen molar-refractivity contribution in [2.75, 3.05) is 0 Å². The van der Waals surface area contributed by atoms with Gasteiger partial charge in [-0.2, -0.15) is 13.2 Å². The van der Waals surface area contributed by atoms with Gasteiger partial charge in [-0.1, -0.05) is 6.92 Å². The molecular weight excluding hydrogens is 257 g/mol. The minimum Gasteiger partial charge on any atom is -0.393 e. The Kier molecular flexibility index (Phi) is 4.18. The summed E-state index contributed by atoms with van der Waals surface area (Å²) >= 11 is 0. The van der Waals surface area contributed by atoms with Crippen molar-refractivity contribution in [2.45, 2.75) is 57.3 Å². The molecule has 0 amide bonds. The van der Waals surface area contributed by atoms with Crippen molar-refractivity contribution in [1.29, 1.82) is 0 Å². The molecule has 1 aliphatic carbocycles. The molecule has 3 nitrogen and oxygen atoms in total. The van der Waals surface area contributed by atoms with Gasteiger partial charge >= 0.3 is 6.18 Å². The van der Waals surface area contributed by atoms with E-state index < -0.39 is 24.2 Å².